The van der Waals surface area contributed by atoms with E-state index in [0.29, 0.717) is 10.7 Å². The van der Waals surface area contributed by atoms with E-state index < -0.39 is 22.5 Å². The van der Waals surface area contributed by atoms with Crippen molar-refractivity contribution in [2.24, 2.45) is 0 Å². The molecule has 3 rings (SSSR count). The number of benzene rings is 3. The van der Waals surface area contributed by atoms with Crippen molar-refractivity contribution in [1.82, 2.24) is 4.31 Å². The Hall–Kier alpha value is -2.09. The van der Waals surface area contributed by atoms with Crippen LogP contribution in [0.1, 0.15) is 11.1 Å². The Labute approximate surface area is 196 Å². The smallest absolute Gasteiger partial charge is 0.245 e. The zero-order valence-corrected chi connectivity index (χ0v) is 19.6. The third kappa shape index (κ3) is 5.99. The average molecular weight is 498 g/mol. The van der Waals surface area contributed by atoms with Crippen molar-refractivity contribution in [3.05, 3.63) is 92.9 Å². The van der Waals surface area contributed by atoms with Gasteiger partial charge < -0.3 is 5.32 Å². The Morgan fingerprint density at radius 3 is 2.26 bits per heavy atom. The van der Waals surface area contributed by atoms with Crippen LogP contribution >= 0.6 is 34.8 Å². The van der Waals surface area contributed by atoms with Gasteiger partial charge in [0.25, 0.3) is 0 Å². The molecular weight excluding hydrogens is 479 g/mol. The summed E-state index contributed by atoms with van der Waals surface area (Å²) in [7, 11) is -4.12. The predicted molar refractivity (Wildman–Crippen MR) is 125 cm³/mol. The first-order valence-corrected chi connectivity index (χ1v) is 11.8. The highest BCUT2D eigenvalue weighted by Crippen LogP contribution is 2.29. The number of halogens is 3. The first-order chi connectivity index (χ1) is 14.7. The van der Waals surface area contributed by atoms with Crippen LogP contribution in [0.15, 0.2) is 71.6 Å². The molecule has 0 aromatic heterocycles. The molecule has 1 amide bonds. The van der Waals surface area contributed by atoms with Gasteiger partial charge in [0.15, 0.2) is 0 Å². The molecule has 3 aromatic rings. The van der Waals surface area contributed by atoms with Crippen molar-refractivity contribution in [2.75, 3.05) is 11.9 Å². The number of carbonyl (C=O) groups excluding carboxylic acids is 1. The van der Waals surface area contributed by atoms with E-state index >= 15 is 0 Å². The van der Waals surface area contributed by atoms with E-state index in [1.807, 2.05) is 6.07 Å². The van der Waals surface area contributed by atoms with Gasteiger partial charge in [-0.1, -0.05) is 65.1 Å². The molecule has 0 aliphatic carbocycles. The van der Waals surface area contributed by atoms with Crippen LogP contribution in [0.2, 0.25) is 15.1 Å². The van der Waals surface area contributed by atoms with Gasteiger partial charge in [-0.25, -0.2) is 8.42 Å². The van der Waals surface area contributed by atoms with Crippen molar-refractivity contribution in [3.8, 4) is 0 Å². The fraction of sp³-hybridized carbons (Fsp3) is 0.136. The van der Waals surface area contributed by atoms with E-state index in [-0.39, 0.29) is 21.5 Å². The van der Waals surface area contributed by atoms with Gasteiger partial charge in [-0.05, 0) is 54.4 Å². The maximum absolute atomic E-state index is 13.4. The molecule has 31 heavy (non-hydrogen) atoms. The molecule has 0 aliphatic heterocycles. The van der Waals surface area contributed by atoms with Gasteiger partial charge >= 0.3 is 0 Å². The van der Waals surface area contributed by atoms with Crippen LogP contribution in [0.4, 0.5) is 5.69 Å². The summed E-state index contributed by atoms with van der Waals surface area (Å²) in [5, 5.41) is 3.53. The van der Waals surface area contributed by atoms with E-state index in [4.69, 9.17) is 34.8 Å². The molecule has 162 valence electrons. The Morgan fingerprint density at radius 2 is 1.58 bits per heavy atom. The molecule has 0 fully saturated rings. The fourth-order valence-electron chi connectivity index (χ4n) is 2.94. The molecule has 0 atom stereocenters. The van der Waals surface area contributed by atoms with Crippen LogP contribution in [0.25, 0.3) is 0 Å². The van der Waals surface area contributed by atoms with Gasteiger partial charge in [0, 0.05) is 22.3 Å². The van der Waals surface area contributed by atoms with Crippen molar-refractivity contribution in [1.29, 1.82) is 0 Å². The molecule has 3 aromatic carbocycles. The fourth-order valence-corrected chi connectivity index (χ4v) is 5.29. The van der Waals surface area contributed by atoms with Crippen LogP contribution < -0.4 is 5.32 Å². The van der Waals surface area contributed by atoms with Crippen LogP contribution in [-0.2, 0) is 21.4 Å². The third-order valence-electron chi connectivity index (χ3n) is 4.50. The summed E-state index contributed by atoms with van der Waals surface area (Å²) in [5.74, 6) is -0.497. The summed E-state index contributed by atoms with van der Waals surface area (Å²) in [4.78, 5) is 12.6. The number of amides is 1. The lowest BCUT2D eigenvalue weighted by Gasteiger charge is -2.23. The van der Waals surface area contributed by atoms with E-state index in [2.05, 4.69) is 5.32 Å². The summed E-state index contributed by atoms with van der Waals surface area (Å²) in [6.45, 7) is 1.37. The second-order valence-electron chi connectivity index (χ2n) is 6.84. The maximum Gasteiger partial charge on any atom is 0.245 e. The first kappa shape index (κ1) is 23.6. The highest BCUT2D eigenvalue weighted by molar-refractivity contribution is 7.89. The molecule has 0 aliphatic rings. The minimum Gasteiger partial charge on any atom is -0.325 e. The van der Waals surface area contributed by atoms with Gasteiger partial charge in [0.2, 0.25) is 15.9 Å². The summed E-state index contributed by atoms with van der Waals surface area (Å²) in [6.07, 6.45) is 0. The number of nitrogens with zero attached hydrogens (tertiary/aromatic N) is 1. The molecule has 0 radical (unpaired) electrons. The lowest BCUT2D eigenvalue weighted by atomic mass is 10.2. The van der Waals surface area contributed by atoms with Crippen LogP contribution in [0.5, 0.6) is 0 Å². The molecule has 0 bridgehead atoms. The summed E-state index contributed by atoms with van der Waals surface area (Å²) < 4.78 is 27.9. The molecule has 1 N–H and O–H groups in total. The summed E-state index contributed by atoms with van der Waals surface area (Å²) in [6, 6.07) is 18.2. The first-order valence-electron chi connectivity index (χ1n) is 9.22. The third-order valence-corrected chi connectivity index (χ3v) is 7.24. The average Bonchev–Trinajstić information content (AvgIpc) is 2.72. The Bertz CT molecular complexity index is 1200. The van der Waals surface area contributed by atoms with Gasteiger partial charge in [0.05, 0.1) is 11.6 Å². The molecule has 0 saturated heterocycles. The zero-order valence-electron chi connectivity index (χ0n) is 16.5. The number of rotatable bonds is 7. The predicted octanol–water partition coefficient (Wildman–Crippen LogP) is 5.78. The Morgan fingerprint density at radius 1 is 0.935 bits per heavy atom. The van der Waals surface area contributed by atoms with E-state index in [0.717, 1.165) is 15.4 Å². The van der Waals surface area contributed by atoms with Gasteiger partial charge in [-0.2, -0.15) is 4.31 Å². The SMILES string of the molecule is Cc1cc(Cl)ccc1NC(=O)CN(Cc1ccccc1)S(=O)(=O)c1cc(Cl)ccc1Cl. The number of hydrogen-bond donors (Lipinski definition) is 1. The quantitative estimate of drug-likeness (QED) is 0.449. The van der Waals surface area contributed by atoms with E-state index in [9.17, 15) is 13.2 Å². The highest BCUT2D eigenvalue weighted by atomic mass is 35.5. The van der Waals surface area contributed by atoms with Crippen LogP contribution in [-0.4, -0.2) is 25.2 Å². The monoisotopic (exact) mass is 496 g/mol. The van der Waals surface area contributed by atoms with E-state index in [1.54, 1.807) is 49.4 Å². The summed E-state index contributed by atoms with van der Waals surface area (Å²) in [5.41, 5.74) is 2.03. The number of sulfonamides is 1. The molecular formula is C22H19Cl3N2O3S. The Balaban J connectivity index is 1.92. The van der Waals surface area contributed by atoms with Crippen molar-refractivity contribution >= 4 is 56.4 Å². The van der Waals surface area contributed by atoms with Crippen LogP contribution in [0.3, 0.4) is 0 Å². The maximum atomic E-state index is 13.4. The molecule has 0 saturated carbocycles. The van der Waals surface area contributed by atoms with Gasteiger partial charge in [-0.3, -0.25) is 4.79 Å². The minimum atomic E-state index is -4.12. The number of nitrogens with one attached hydrogen (secondary N) is 1. The standard InChI is InChI=1S/C22H19Cl3N2O3S/c1-15-11-17(23)8-10-20(15)26-22(28)14-27(13-16-5-3-2-4-6-16)31(29,30)21-12-18(24)7-9-19(21)25/h2-12H,13-14H2,1H3,(H,26,28). The summed E-state index contributed by atoms with van der Waals surface area (Å²) >= 11 is 18.1. The second-order valence-corrected chi connectivity index (χ2v) is 10.0. The normalized spacial score (nSPS) is 11.5. The molecule has 0 spiro atoms. The lowest BCUT2D eigenvalue weighted by molar-refractivity contribution is -0.116. The Kier molecular flexibility index (Phi) is 7.62. The lowest BCUT2D eigenvalue weighted by Crippen LogP contribution is -2.37. The topological polar surface area (TPSA) is 66.5 Å². The van der Waals surface area contributed by atoms with Crippen molar-refractivity contribution in [3.63, 3.8) is 0 Å². The minimum absolute atomic E-state index is 0.0148. The largest absolute Gasteiger partial charge is 0.325 e. The van der Waals surface area contributed by atoms with Crippen LogP contribution in [0, 0.1) is 6.92 Å². The highest BCUT2D eigenvalue weighted by Gasteiger charge is 2.29. The second kappa shape index (κ2) is 10.0. The molecule has 0 heterocycles. The molecule has 5 nitrogen and oxygen atoms in total. The van der Waals surface area contributed by atoms with Crippen molar-refractivity contribution in [2.45, 2.75) is 18.4 Å². The number of aryl methyl sites for hydroxylation is 1. The number of carbonyl (C=O) groups is 1. The van der Waals surface area contributed by atoms with Gasteiger partial charge in [-0.15, -0.1) is 0 Å². The zero-order chi connectivity index (χ0) is 22.6. The number of anilines is 1. The molecule has 0 unspecified atom stereocenters. The molecule has 9 heteroatoms. The van der Waals surface area contributed by atoms with Crippen molar-refractivity contribution < 1.29 is 13.2 Å². The number of hydrogen-bond acceptors (Lipinski definition) is 3. The van der Waals surface area contributed by atoms with E-state index in [1.165, 1.54) is 18.2 Å². The van der Waals surface area contributed by atoms with Gasteiger partial charge in [0.1, 0.15) is 4.90 Å².